The number of aryl methyl sites for hydroxylation is 1. The second-order valence-electron chi connectivity index (χ2n) is 4.18. The van der Waals surface area contributed by atoms with Crippen LogP contribution in [0.3, 0.4) is 0 Å². The van der Waals surface area contributed by atoms with E-state index >= 15 is 0 Å². The fourth-order valence-electron chi connectivity index (χ4n) is 1.52. The smallest absolute Gasteiger partial charge is 0.321 e. The van der Waals surface area contributed by atoms with Crippen LogP contribution in [0, 0.1) is 6.92 Å². The number of fused-ring (bicyclic) bond motifs is 1. The third kappa shape index (κ3) is 2.10. The quantitative estimate of drug-likeness (QED) is 0.825. The van der Waals surface area contributed by atoms with Gasteiger partial charge in [-0.05, 0) is 38.5 Å². The van der Waals surface area contributed by atoms with Crippen LogP contribution in [0.15, 0.2) is 18.2 Å². The average Bonchev–Trinajstić information content (AvgIpc) is 2.59. The van der Waals surface area contributed by atoms with Crippen molar-refractivity contribution >= 4 is 5.91 Å². The number of carbonyl (C=O) groups excluding carboxylic acids is 1. The Hall–Kier alpha value is -1.71. The highest BCUT2D eigenvalue weighted by Gasteiger charge is 2.30. The standard InChI is InChI=1S/C12H15NO3/c1-7(2)13-11(14)12-15-9-5-4-8(3)6-10(9)16-12/h4-7,12H,1-3H3,(H,13,14). The first kappa shape index (κ1) is 10.8. The molecule has 1 aromatic rings. The molecule has 0 aromatic heterocycles. The lowest BCUT2D eigenvalue weighted by molar-refractivity contribution is -0.137. The highest BCUT2D eigenvalue weighted by molar-refractivity contribution is 5.81. The van der Waals surface area contributed by atoms with E-state index in [0.717, 1.165) is 5.56 Å². The summed E-state index contributed by atoms with van der Waals surface area (Å²) in [6, 6.07) is 5.67. The lowest BCUT2D eigenvalue weighted by atomic mass is 10.2. The Morgan fingerprint density at radius 1 is 1.31 bits per heavy atom. The van der Waals surface area contributed by atoms with Crippen molar-refractivity contribution in [3.8, 4) is 11.5 Å². The van der Waals surface area contributed by atoms with Crippen molar-refractivity contribution in [3.63, 3.8) is 0 Å². The number of hydrogen-bond donors (Lipinski definition) is 1. The maximum atomic E-state index is 11.6. The molecule has 1 N–H and O–H groups in total. The Labute approximate surface area is 94.6 Å². The summed E-state index contributed by atoms with van der Waals surface area (Å²) >= 11 is 0. The van der Waals surface area contributed by atoms with Gasteiger partial charge in [-0.2, -0.15) is 0 Å². The Morgan fingerprint density at radius 2 is 2.00 bits per heavy atom. The molecule has 86 valence electrons. The molecule has 0 saturated carbocycles. The summed E-state index contributed by atoms with van der Waals surface area (Å²) in [5.41, 5.74) is 1.08. The summed E-state index contributed by atoms with van der Waals surface area (Å²) in [5, 5.41) is 2.75. The fourth-order valence-corrected chi connectivity index (χ4v) is 1.52. The molecule has 1 aromatic carbocycles. The predicted molar refractivity (Wildman–Crippen MR) is 59.5 cm³/mol. The van der Waals surface area contributed by atoms with Gasteiger partial charge in [0.15, 0.2) is 11.5 Å². The van der Waals surface area contributed by atoms with E-state index in [9.17, 15) is 4.79 Å². The van der Waals surface area contributed by atoms with E-state index in [0.29, 0.717) is 11.5 Å². The van der Waals surface area contributed by atoms with E-state index in [2.05, 4.69) is 5.32 Å². The fraction of sp³-hybridized carbons (Fsp3) is 0.417. The van der Waals surface area contributed by atoms with Crippen LogP contribution in [0.1, 0.15) is 19.4 Å². The molecule has 1 amide bonds. The minimum Gasteiger partial charge on any atom is -0.442 e. The van der Waals surface area contributed by atoms with Gasteiger partial charge in [-0.15, -0.1) is 0 Å². The van der Waals surface area contributed by atoms with Crippen LogP contribution >= 0.6 is 0 Å². The Kier molecular flexibility index (Phi) is 2.73. The lowest BCUT2D eigenvalue weighted by Gasteiger charge is -2.12. The van der Waals surface area contributed by atoms with Gasteiger partial charge >= 0.3 is 12.2 Å². The highest BCUT2D eigenvalue weighted by atomic mass is 16.7. The molecule has 0 saturated heterocycles. The van der Waals surface area contributed by atoms with Gasteiger partial charge < -0.3 is 14.8 Å². The largest absolute Gasteiger partial charge is 0.442 e. The monoisotopic (exact) mass is 221 g/mol. The minimum atomic E-state index is -0.862. The van der Waals surface area contributed by atoms with Gasteiger partial charge in [0.2, 0.25) is 0 Å². The van der Waals surface area contributed by atoms with Gasteiger partial charge in [-0.1, -0.05) is 6.07 Å². The van der Waals surface area contributed by atoms with E-state index < -0.39 is 6.29 Å². The van der Waals surface area contributed by atoms with Crippen molar-refractivity contribution in [1.29, 1.82) is 0 Å². The summed E-state index contributed by atoms with van der Waals surface area (Å²) in [6.07, 6.45) is -0.862. The molecule has 1 atom stereocenters. The van der Waals surface area contributed by atoms with Gasteiger partial charge in [0.1, 0.15) is 0 Å². The zero-order valence-electron chi connectivity index (χ0n) is 9.61. The summed E-state index contributed by atoms with van der Waals surface area (Å²) < 4.78 is 10.8. The molecule has 0 bridgehead atoms. The molecule has 1 heterocycles. The van der Waals surface area contributed by atoms with Gasteiger partial charge in [0.25, 0.3) is 0 Å². The van der Waals surface area contributed by atoms with Crippen LogP contribution in [-0.4, -0.2) is 18.2 Å². The molecule has 4 heteroatoms. The Bertz CT molecular complexity index is 415. The van der Waals surface area contributed by atoms with E-state index in [1.54, 1.807) is 0 Å². The molecule has 1 aliphatic rings. The molecule has 0 spiro atoms. The maximum absolute atomic E-state index is 11.6. The number of ether oxygens (including phenoxy) is 2. The van der Waals surface area contributed by atoms with Crippen molar-refractivity contribution < 1.29 is 14.3 Å². The van der Waals surface area contributed by atoms with Gasteiger partial charge in [0.05, 0.1) is 0 Å². The molecular formula is C12H15NO3. The lowest BCUT2D eigenvalue weighted by Crippen LogP contribution is -2.42. The van der Waals surface area contributed by atoms with E-state index in [1.165, 1.54) is 0 Å². The van der Waals surface area contributed by atoms with Crippen LogP contribution < -0.4 is 14.8 Å². The second kappa shape index (κ2) is 4.04. The number of rotatable bonds is 2. The summed E-state index contributed by atoms with van der Waals surface area (Å²) in [7, 11) is 0. The van der Waals surface area contributed by atoms with E-state index in [1.807, 2.05) is 39.0 Å². The molecular weight excluding hydrogens is 206 g/mol. The van der Waals surface area contributed by atoms with Crippen LogP contribution in [0.4, 0.5) is 0 Å². The van der Waals surface area contributed by atoms with Crippen LogP contribution in [0.5, 0.6) is 11.5 Å². The zero-order valence-corrected chi connectivity index (χ0v) is 9.61. The van der Waals surface area contributed by atoms with Crippen molar-refractivity contribution in [2.75, 3.05) is 0 Å². The van der Waals surface area contributed by atoms with Gasteiger partial charge in [-0.3, -0.25) is 4.79 Å². The zero-order chi connectivity index (χ0) is 11.7. The van der Waals surface area contributed by atoms with Crippen molar-refractivity contribution in [1.82, 2.24) is 5.32 Å². The Balaban J connectivity index is 2.08. The molecule has 0 fully saturated rings. The number of benzene rings is 1. The highest BCUT2D eigenvalue weighted by Crippen LogP contribution is 2.35. The molecule has 4 nitrogen and oxygen atoms in total. The minimum absolute atomic E-state index is 0.0742. The normalized spacial score (nSPS) is 17.6. The van der Waals surface area contributed by atoms with Crippen LogP contribution in [-0.2, 0) is 4.79 Å². The number of nitrogens with one attached hydrogen (secondary N) is 1. The average molecular weight is 221 g/mol. The predicted octanol–water partition coefficient (Wildman–Crippen LogP) is 1.62. The van der Waals surface area contributed by atoms with Gasteiger partial charge in [-0.25, -0.2) is 0 Å². The van der Waals surface area contributed by atoms with E-state index in [4.69, 9.17) is 9.47 Å². The molecule has 1 unspecified atom stereocenters. The SMILES string of the molecule is Cc1ccc2c(c1)OC(C(=O)NC(C)C)O2. The molecule has 2 rings (SSSR count). The second-order valence-corrected chi connectivity index (χ2v) is 4.18. The van der Waals surface area contributed by atoms with Crippen LogP contribution in [0.25, 0.3) is 0 Å². The third-order valence-electron chi connectivity index (χ3n) is 2.21. The first-order valence-corrected chi connectivity index (χ1v) is 5.30. The first-order chi connectivity index (χ1) is 7.56. The van der Waals surface area contributed by atoms with Gasteiger partial charge in [0, 0.05) is 6.04 Å². The topological polar surface area (TPSA) is 47.6 Å². The van der Waals surface area contributed by atoms with E-state index in [-0.39, 0.29) is 11.9 Å². The third-order valence-corrected chi connectivity index (χ3v) is 2.21. The molecule has 16 heavy (non-hydrogen) atoms. The van der Waals surface area contributed by atoms with Crippen molar-refractivity contribution in [3.05, 3.63) is 23.8 Å². The first-order valence-electron chi connectivity index (χ1n) is 5.30. The number of carbonyl (C=O) groups is 1. The van der Waals surface area contributed by atoms with Crippen molar-refractivity contribution in [2.24, 2.45) is 0 Å². The number of hydrogen-bond acceptors (Lipinski definition) is 3. The molecule has 1 aliphatic heterocycles. The summed E-state index contributed by atoms with van der Waals surface area (Å²) in [4.78, 5) is 11.6. The molecule has 0 radical (unpaired) electrons. The van der Waals surface area contributed by atoms with Crippen molar-refractivity contribution in [2.45, 2.75) is 33.1 Å². The maximum Gasteiger partial charge on any atom is 0.321 e. The number of amides is 1. The summed E-state index contributed by atoms with van der Waals surface area (Å²) in [5.74, 6) is 1.00. The molecule has 0 aliphatic carbocycles. The summed E-state index contributed by atoms with van der Waals surface area (Å²) in [6.45, 7) is 5.75. The Morgan fingerprint density at radius 3 is 2.69 bits per heavy atom. The van der Waals surface area contributed by atoms with Crippen LogP contribution in [0.2, 0.25) is 0 Å².